The first-order chi connectivity index (χ1) is 17.8. The first-order valence-electron chi connectivity index (χ1n) is 12.1. The minimum absolute atomic E-state index is 0.0000193. The van der Waals surface area contributed by atoms with Crippen LogP contribution in [-0.2, 0) is 0 Å². The van der Waals surface area contributed by atoms with Crippen LogP contribution in [0.15, 0.2) is 54.7 Å². The minimum atomic E-state index is -0.481. The number of aromatic nitrogens is 1. The lowest BCUT2D eigenvalue weighted by Crippen LogP contribution is -2.34. The first-order valence-corrected chi connectivity index (χ1v) is 12.8. The summed E-state index contributed by atoms with van der Waals surface area (Å²) in [7, 11) is 0. The highest BCUT2D eigenvalue weighted by atomic mass is 35.5. The van der Waals surface area contributed by atoms with Crippen molar-refractivity contribution in [3.63, 3.8) is 0 Å². The average Bonchev–Trinajstić information content (AvgIpc) is 2.91. The van der Waals surface area contributed by atoms with Crippen molar-refractivity contribution in [2.45, 2.75) is 31.8 Å². The van der Waals surface area contributed by atoms with E-state index >= 15 is 0 Å². The summed E-state index contributed by atoms with van der Waals surface area (Å²) in [5.74, 6) is 0.0322. The van der Waals surface area contributed by atoms with Crippen LogP contribution in [0.5, 0.6) is 5.75 Å². The van der Waals surface area contributed by atoms with Crippen LogP contribution >= 0.6 is 23.2 Å². The molecule has 0 saturated carbocycles. The van der Waals surface area contributed by atoms with E-state index in [0.29, 0.717) is 39.4 Å². The second-order valence-electron chi connectivity index (χ2n) is 8.92. The molecule has 1 unspecified atom stereocenters. The van der Waals surface area contributed by atoms with Gasteiger partial charge in [0.15, 0.2) is 0 Å². The molecule has 1 aliphatic rings. The molecule has 1 fully saturated rings. The van der Waals surface area contributed by atoms with Crippen molar-refractivity contribution >= 4 is 46.5 Å². The fourth-order valence-corrected chi connectivity index (χ4v) is 4.28. The number of hydrogen-bond acceptors (Lipinski definition) is 6. The second-order valence-corrected chi connectivity index (χ2v) is 9.79. The molecule has 2 heterocycles. The number of pyridine rings is 1. The van der Waals surface area contributed by atoms with Crippen LogP contribution < -0.4 is 26.4 Å². The summed E-state index contributed by atoms with van der Waals surface area (Å²) < 4.78 is 6.30. The van der Waals surface area contributed by atoms with Gasteiger partial charge in [0, 0.05) is 11.2 Å². The number of benzene rings is 2. The SMILES string of the molecule is CC(CN)c1ccc(C(=O)Nc2ccc(Cl)cc2C(=O)Nc2ccc(Cl)cn2)c(OC2CCNCC2)c1. The highest BCUT2D eigenvalue weighted by Gasteiger charge is 2.22. The van der Waals surface area contributed by atoms with E-state index in [4.69, 9.17) is 33.7 Å². The lowest BCUT2D eigenvalue weighted by atomic mass is 9.98. The summed E-state index contributed by atoms with van der Waals surface area (Å²) >= 11 is 12.0. The Morgan fingerprint density at radius 2 is 1.76 bits per heavy atom. The van der Waals surface area contributed by atoms with Crippen LogP contribution in [0.4, 0.5) is 11.5 Å². The van der Waals surface area contributed by atoms with Crippen molar-refractivity contribution in [3.05, 3.63) is 81.5 Å². The third kappa shape index (κ3) is 6.99. The van der Waals surface area contributed by atoms with Gasteiger partial charge in [-0.3, -0.25) is 9.59 Å². The number of halogens is 2. The van der Waals surface area contributed by atoms with Crippen molar-refractivity contribution in [3.8, 4) is 5.75 Å². The molecule has 4 rings (SSSR count). The maximum Gasteiger partial charge on any atom is 0.259 e. The lowest BCUT2D eigenvalue weighted by Gasteiger charge is -2.25. The number of anilines is 2. The fraction of sp³-hybridized carbons (Fsp3) is 0.296. The zero-order chi connectivity index (χ0) is 26.4. The van der Waals surface area contributed by atoms with Crippen molar-refractivity contribution in [1.82, 2.24) is 10.3 Å². The number of hydrogen-bond donors (Lipinski definition) is 4. The number of rotatable bonds is 8. The Hall–Kier alpha value is -3.17. The van der Waals surface area contributed by atoms with Crippen molar-refractivity contribution in [1.29, 1.82) is 0 Å². The fourth-order valence-electron chi connectivity index (χ4n) is 4.00. The molecule has 10 heteroatoms. The summed E-state index contributed by atoms with van der Waals surface area (Å²) in [6.07, 6.45) is 3.12. The number of amides is 2. The van der Waals surface area contributed by atoms with Crippen LogP contribution in [-0.4, -0.2) is 42.5 Å². The zero-order valence-electron chi connectivity index (χ0n) is 20.4. The predicted molar refractivity (Wildman–Crippen MR) is 147 cm³/mol. The van der Waals surface area contributed by atoms with E-state index in [-0.39, 0.29) is 17.6 Å². The highest BCUT2D eigenvalue weighted by molar-refractivity contribution is 6.31. The maximum absolute atomic E-state index is 13.5. The smallest absolute Gasteiger partial charge is 0.259 e. The van der Waals surface area contributed by atoms with Crippen LogP contribution in [0, 0.1) is 0 Å². The summed E-state index contributed by atoms with van der Waals surface area (Å²) in [5.41, 5.74) is 7.71. The van der Waals surface area contributed by atoms with Gasteiger partial charge in [-0.25, -0.2) is 4.98 Å². The second kappa shape index (κ2) is 12.4. The maximum atomic E-state index is 13.5. The van der Waals surface area contributed by atoms with E-state index in [9.17, 15) is 9.59 Å². The molecule has 1 saturated heterocycles. The Kier molecular flexibility index (Phi) is 9.00. The molecule has 0 spiro atoms. The molecular formula is C27H29Cl2N5O3. The van der Waals surface area contributed by atoms with Gasteiger partial charge in [-0.05, 0) is 86.4 Å². The number of nitrogens with two attached hydrogens (primary N) is 1. The molecule has 0 aliphatic carbocycles. The van der Waals surface area contributed by atoms with Gasteiger partial charge in [0.05, 0.1) is 21.8 Å². The quantitative estimate of drug-likeness (QED) is 0.315. The largest absolute Gasteiger partial charge is 0.489 e. The van der Waals surface area contributed by atoms with Gasteiger partial charge in [0.25, 0.3) is 11.8 Å². The minimum Gasteiger partial charge on any atom is -0.489 e. The normalized spacial score (nSPS) is 14.6. The molecule has 1 aromatic heterocycles. The molecule has 194 valence electrons. The third-order valence-electron chi connectivity index (χ3n) is 6.20. The van der Waals surface area contributed by atoms with E-state index in [1.165, 1.54) is 12.3 Å². The topological polar surface area (TPSA) is 118 Å². The third-order valence-corrected chi connectivity index (χ3v) is 6.65. The van der Waals surface area contributed by atoms with Gasteiger partial charge in [-0.2, -0.15) is 0 Å². The van der Waals surface area contributed by atoms with E-state index in [1.807, 2.05) is 19.1 Å². The first kappa shape index (κ1) is 26.9. The molecular weight excluding hydrogens is 513 g/mol. The van der Waals surface area contributed by atoms with E-state index in [2.05, 4.69) is 20.9 Å². The highest BCUT2D eigenvalue weighted by Crippen LogP contribution is 2.29. The molecule has 0 radical (unpaired) electrons. The van der Waals surface area contributed by atoms with Crippen molar-refractivity contribution in [2.75, 3.05) is 30.3 Å². The van der Waals surface area contributed by atoms with Gasteiger partial charge in [-0.15, -0.1) is 0 Å². The lowest BCUT2D eigenvalue weighted by molar-refractivity contribution is 0.101. The molecule has 0 bridgehead atoms. The Morgan fingerprint density at radius 1 is 1.03 bits per heavy atom. The van der Waals surface area contributed by atoms with Crippen LogP contribution in [0.2, 0.25) is 10.0 Å². The van der Waals surface area contributed by atoms with Gasteiger partial charge in [-0.1, -0.05) is 36.2 Å². The summed E-state index contributed by atoms with van der Waals surface area (Å²) in [6, 6.07) is 13.4. The molecule has 3 aromatic rings. The van der Waals surface area contributed by atoms with Gasteiger partial charge < -0.3 is 26.4 Å². The number of carbonyl (C=O) groups excluding carboxylic acids is 2. The van der Waals surface area contributed by atoms with E-state index in [0.717, 1.165) is 31.5 Å². The number of piperidine rings is 1. The van der Waals surface area contributed by atoms with E-state index < -0.39 is 11.8 Å². The molecule has 5 N–H and O–H groups in total. The molecule has 1 aliphatic heterocycles. The van der Waals surface area contributed by atoms with Crippen LogP contribution in [0.25, 0.3) is 0 Å². The summed E-state index contributed by atoms with van der Waals surface area (Å²) in [4.78, 5) is 30.6. The number of carbonyl (C=O) groups is 2. The Bertz CT molecular complexity index is 1260. The molecule has 2 aromatic carbocycles. The summed E-state index contributed by atoms with van der Waals surface area (Å²) in [5, 5.41) is 9.66. The number of nitrogens with one attached hydrogen (secondary N) is 3. The summed E-state index contributed by atoms with van der Waals surface area (Å²) in [6.45, 7) is 4.22. The molecule has 2 amide bonds. The van der Waals surface area contributed by atoms with Crippen molar-refractivity contribution in [2.24, 2.45) is 5.73 Å². The van der Waals surface area contributed by atoms with Gasteiger partial charge in [0.1, 0.15) is 17.7 Å². The monoisotopic (exact) mass is 541 g/mol. The zero-order valence-corrected chi connectivity index (χ0v) is 21.9. The van der Waals surface area contributed by atoms with Gasteiger partial charge >= 0.3 is 0 Å². The standard InChI is InChI=1S/C27H29Cl2N5O3/c1-16(14-30)17-2-5-21(24(12-17)37-20-8-10-31-11-9-20)26(35)33-23-6-3-18(28)13-22(23)27(36)34-25-7-4-19(29)15-32-25/h2-7,12-13,15-16,20,31H,8-11,14,30H2,1H3,(H,33,35)(H,32,34,36). The Morgan fingerprint density at radius 3 is 2.46 bits per heavy atom. The number of ether oxygens (including phenoxy) is 1. The Labute approximate surface area is 225 Å². The van der Waals surface area contributed by atoms with E-state index in [1.54, 1.807) is 30.3 Å². The average molecular weight is 542 g/mol. The van der Waals surface area contributed by atoms with Crippen LogP contribution in [0.1, 0.15) is 52.0 Å². The number of nitrogens with zero attached hydrogens (tertiary/aromatic N) is 1. The van der Waals surface area contributed by atoms with Crippen LogP contribution in [0.3, 0.4) is 0 Å². The molecule has 1 atom stereocenters. The van der Waals surface area contributed by atoms with Crippen molar-refractivity contribution < 1.29 is 14.3 Å². The Balaban J connectivity index is 1.60. The molecule has 37 heavy (non-hydrogen) atoms. The van der Waals surface area contributed by atoms with Gasteiger partial charge in [0.2, 0.25) is 0 Å². The predicted octanol–water partition coefficient (Wildman–Crippen LogP) is 5.09. The molecule has 8 nitrogen and oxygen atoms in total.